The Labute approximate surface area is 199 Å². The average molecular weight is 488 g/mol. The van der Waals surface area contributed by atoms with Crippen LogP contribution >= 0.6 is 23.2 Å². The van der Waals surface area contributed by atoms with Crippen LogP contribution in [-0.4, -0.2) is 29.5 Å². The van der Waals surface area contributed by atoms with E-state index >= 15 is 0 Å². The first-order valence-electron chi connectivity index (χ1n) is 10.1. The molecule has 1 N–H and O–H groups in total. The highest BCUT2D eigenvalue weighted by Crippen LogP contribution is 2.40. The van der Waals surface area contributed by atoms with Crippen molar-refractivity contribution < 1.29 is 14.3 Å². The maximum Gasteiger partial charge on any atom is 0.347 e. The van der Waals surface area contributed by atoms with E-state index in [0.29, 0.717) is 31.4 Å². The lowest BCUT2D eigenvalue weighted by Gasteiger charge is -2.24. The van der Waals surface area contributed by atoms with Gasteiger partial charge in [0, 0.05) is 32.0 Å². The third-order valence-corrected chi connectivity index (χ3v) is 5.80. The molecule has 0 atom stereocenters. The van der Waals surface area contributed by atoms with E-state index in [2.05, 4.69) is 17.0 Å². The number of ether oxygens (including phenoxy) is 2. The lowest BCUT2D eigenvalue weighted by atomic mass is 10.0. The van der Waals surface area contributed by atoms with E-state index in [0.717, 1.165) is 17.9 Å². The van der Waals surface area contributed by atoms with Gasteiger partial charge in [0.05, 0.1) is 21.4 Å². The number of hydrazone groups is 1. The first-order valence-corrected chi connectivity index (χ1v) is 10.9. The minimum absolute atomic E-state index is 0.0473. The Bertz CT molecular complexity index is 1220. The summed E-state index contributed by atoms with van der Waals surface area (Å²) in [6, 6.07) is 7.08. The van der Waals surface area contributed by atoms with Crippen molar-refractivity contribution >= 4 is 40.6 Å². The highest BCUT2D eigenvalue weighted by molar-refractivity contribution is 6.37. The van der Waals surface area contributed by atoms with Crippen molar-refractivity contribution in [2.45, 2.75) is 19.4 Å². The molecule has 9 nitrogen and oxygen atoms in total. The standard InChI is InChI=1S/C22H19Cl2N5O4/c1-13-19(10-25)27-29(22(31)26-13)15-8-17(23)21(18(24)9-15)33-16-2-3-20(30)28(12-16)11-14-4-6-32-7-5-14/h2-3,8-9,12,14H,1,4-7,11H2,(H,26,31). The zero-order valence-corrected chi connectivity index (χ0v) is 18.9. The monoisotopic (exact) mass is 487 g/mol. The molecule has 170 valence electrons. The number of anilines is 1. The zero-order chi connectivity index (χ0) is 23.5. The summed E-state index contributed by atoms with van der Waals surface area (Å²) in [6.45, 7) is 5.52. The lowest BCUT2D eigenvalue weighted by molar-refractivity contribution is 0.0609. The fourth-order valence-electron chi connectivity index (χ4n) is 3.52. The van der Waals surface area contributed by atoms with E-state index in [4.69, 9.17) is 37.9 Å². The third-order valence-electron chi connectivity index (χ3n) is 5.24. The molecule has 3 heterocycles. The molecule has 0 unspecified atom stereocenters. The van der Waals surface area contributed by atoms with Crippen LogP contribution in [0.3, 0.4) is 0 Å². The van der Waals surface area contributed by atoms with Crippen LogP contribution in [0.4, 0.5) is 10.5 Å². The van der Waals surface area contributed by atoms with Gasteiger partial charge in [0.2, 0.25) is 0 Å². The summed E-state index contributed by atoms with van der Waals surface area (Å²) in [4.78, 5) is 24.6. The van der Waals surface area contributed by atoms with Gasteiger partial charge >= 0.3 is 6.03 Å². The highest BCUT2D eigenvalue weighted by atomic mass is 35.5. The SMILES string of the molecule is C=C1NC(=O)N(c2cc(Cl)c(Oc3ccc(=O)n(CC4CCOCC4)c3)c(Cl)c2)N=C1C#N. The van der Waals surface area contributed by atoms with Crippen LogP contribution in [0.5, 0.6) is 11.5 Å². The fourth-order valence-corrected chi connectivity index (χ4v) is 4.07. The molecule has 33 heavy (non-hydrogen) atoms. The van der Waals surface area contributed by atoms with Crippen LogP contribution in [0, 0.1) is 17.2 Å². The average Bonchev–Trinajstić information content (AvgIpc) is 2.79. The zero-order valence-electron chi connectivity index (χ0n) is 17.4. The Morgan fingerprint density at radius 1 is 1.24 bits per heavy atom. The number of amides is 2. The van der Waals surface area contributed by atoms with Crippen molar-refractivity contribution in [1.29, 1.82) is 5.26 Å². The van der Waals surface area contributed by atoms with Gasteiger partial charge in [0.1, 0.15) is 11.8 Å². The van der Waals surface area contributed by atoms with Crippen LogP contribution in [0.15, 0.2) is 52.6 Å². The molecular formula is C22H19Cl2N5O4. The van der Waals surface area contributed by atoms with Crippen LogP contribution in [-0.2, 0) is 11.3 Å². The number of rotatable bonds is 5. The molecule has 0 radical (unpaired) electrons. The number of carbonyl (C=O) groups excluding carboxylic acids is 1. The Hall–Kier alpha value is -3.32. The summed E-state index contributed by atoms with van der Waals surface area (Å²) in [6.07, 6.45) is 3.40. The van der Waals surface area contributed by atoms with Gasteiger partial charge < -0.3 is 19.4 Å². The number of hydrogen-bond donors (Lipinski definition) is 1. The highest BCUT2D eigenvalue weighted by Gasteiger charge is 2.26. The predicted molar refractivity (Wildman–Crippen MR) is 124 cm³/mol. The minimum atomic E-state index is -0.611. The van der Waals surface area contributed by atoms with Gasteiger partial charge in [0.15, 0.2) is 11.5 Å². The van der Waals surface area contributed by atoms with Gasteiger partial charge in [-0.25, -0.2) is 4.79 Å². The van der Waals surface area contributed by atoms with Crippen LogP contribution < -0.4 is 20.6 Å². The molecule has 0 spiro atoms. The number of hydrogen-bond acceptors (Lipinski definition) is 6. The quantitative estimate of drug-likeness (QED) is 0.675. The minimum Gasteiger partial charge on any atom is -0.453 e. The molecule has 0 saturated carbocycles. The normalized spacial score (nSPS) is 16.8. The number of pyridine rings is 1. The second kappa shape index (κ2) is 9.67. The van der Waals surface area contributed by atoms with Gasteiger partial charge in [-0.15, -0.1) is 0 Å². The molecule has 2 aliphatic heterocycles. The third kappa shape index (κ3) is 5.03. The van der Waals surface area contributed by atoms with Crippen molar-refractivity contribution in [3.8, 4) is 17.6 Å². The Morgan fingerprint density at radius 3 is 2.61 bits per heavy atom. The maximum absolute atomic E-state index is 12.3. The molecule has 2 aliphatic rings. The number of benzene rings is 1. The number of nitrogens with one attached hydrogen (secondary N) is 1. The molecule has 1 fully saturated rings. The summed E-state index contributed by atoms with van der Waals surface area (Å²) < 4.78 is 12.9. The van der Waals surface area contributed by atoms with E-state index in [1.54, 1.807) is 10.8 Å². The molecule has 1 saturated heterocycles. The Kier molecular flexibility index (Phi) is 6.70. The molecule has 1 aromatic heterocycles. The molecule has 0 aliphatic carbocycles. The number of allylic oxidation sites excluding steroid dienone is 1. The van der Waals surface area contributed by atoms with E-state index in [9.17, 15) is 9.59 Å². The molecule has 1 aromatic carbocycles. The van der Waals surface area contributed by atoms with Gasteiger partial charge in [0.25, 0.3) is 5.56 Å². The second-order valence-corrected chi connectivity index (χ2v) is 8.35. The van der Waals surface area contributed by atoms with Crippen LogP contribution in [0.1, 0.15) is 12.8 Å². The predicted octanol–water partition coefficient (Wildman–Crippen LogP) is 4.30. The second-order valence-electron chi connectivity index (χ2n) is 7.53. The van der Waals surface area contributed by atoms with E-state index in [1.165, 1.54) is 24.3 Å². The molecule has 2 aromatic rings. The van der Waals surface area contributed by atoms with Gasteiger partial charge in [-0.1, -0.05) is 29.8 Å². The van der Waals surface area contributed by atoms with E-state index < -0.39 is 6.03 Å². The molecule has 0 bridgehead atoms. The fraction of sp³-hybridized carbons (Fsp3) is 0.273. The van der Waals surface area contributed by atoms with Crippen molar-refractivity contribution in [3.05, 3.63) is 63.1 Å². The first kappa shape index (κ1) is 22.9. The first-order chi connectivity index (χ1) is 15.9. The molecule has 2 amide bonds. The number of nitriles is 1. The summed E-state index contributed by atoms with van der Waals surface area (Å²) >= 11 is 12.8. The Morgan fingerprint density at radius 2 is 1.94 bits per heavy atom. The van der Waals surface area contributed by atoms with E-state index in [1.807, 2.05) is 6.07 Å². The van der Waals surface area contributed by atoms with E-state index in [-0.39, 0.29) is 38.5 Å². The molecule has 4 rings (SSSR count). The molecule has 11 heteroatoms. The summed E-state index contributed by atoms with van der Waals surface area (Å²) in [5, 5.41) is 16.8. The summed E-state index contributed by atoms with van der Waals surface area (Å²) in [7, 11) is 0. The number of urea groups is 1. The molecular weight excluding hydrogens is 469 g/mol. The topological polar surface area (TPSA) is 109 Å². The number of nitrogens with zero attached hydrogens (tertiary/aromatic N) is 4. The number of halogens is 2. The summed E-state index contributed by atoms with van der Waals surface area (Å²) in [5.74, 6) is 0.892. The maximum atomic E-state index is 12.3. The lowest BCUT2D eigenvalue weighted by Crippen LogP contribution is -2.42. The smallest absolute Gasteiger partial charge is 0.347 e. The van der Waals surface area contributed by atoms with Crippen molar-refractivity contribution in [3.63, 3.8) is 0 Å². The van der Waals surface area contributed by atoms with Crippen molar-refractivity contribution in [2.75, 3.05) is 18.2 Å². The van der Waals surface area contributed by atoms with Crippen molar-refractivity contribution in [2.24, 2.45) is 11.0 Å². The van der Waals surface area contributed by atoms with Crippen molar-refractivity contribution in [1.82, 2.24) is 9.88 Å². The Balaban J connectivity index is 1.58. The summed E-state index contributed by atoms with van der Waals surface area (Å²) in [5.41, 5.74) is 0.158. The number of carbonyl (C=O) groups is 1. The van der Waals surface area contributed by atoms with Gasteiger partial charge in [-0.2, -0.15) is 15.4 Å². The van der Waals surface area contributed by atoms with Crippen LogP contribution in [0.25, 0.3) is 0 Å². The van der Waals surface area contributed by atoms with Gasteiger partial charge in [-0.05, 0) is 37.0 Å². The number of aromatic nitrogens is 1. The van der Waals surface area contributed by atoms with Gasteiger partial charge in [-0.3, -0.25) is 4.79 Å². The largest absolute Gasteiger partial charge is 0.453 e. The van der Waals surface area contributed by atoms with Crippen LogP contribution in [0.2, 0.25) is 10.0 Å².